The number of nitrogens with zero attached hydrogens (tertiary/aromatic N) is 4. The highest BCUT2D eigenvalue weighted by molar-refractivity contribution is 7.09. The van der Waals surface area contributed by atoms with Gasteiger partial charge in [0.1, 0.15) is 0 Å². The quantitative estimate of drug-likeness (QED) is 0.770. The van der Waals surface area contributed by atoms with E-state index in [1.54, 1.807) is 0 Å². The molecule has 0 radical (unpaired) electrons. The summed E-state index contributed by atoms with van der Waals surface area (Å²) in [4.78, 5) is 3.87. The molecule has 16 heavy (non-hydrogen) atoms. The van der Waals surface area contributed by atoms with Gasteiger partial charge in [-0.3, -0.25) is 0 Å². The fourth-order valence-electron chi connectivity index (χ4n) is 1.14. The lowest BCUT2D eigenvalue weighted by molar-refractivity contribution is 1.13. The first-order chi connectivity index (χ1) is 7.78. The van der Waals surface area contributed by atoms with Crippen LogP contribution in [-0.2, 0) is 6.42 Å². The summed E-state index contributed by atoms with van der Waals surface area (Å²) in [6.07, 6.45) is 1.02. The minimum Gasteiger partial charge on any atom is -0.185 e. The smallest absolute Gasteiger partial charge is 0.185 e. The molecule has 2 aromatic rings. The Bertz CT molecular complexity index is 492. The van der Waals surface area contributed by atoms with Crippen LogP contribution in [0, 0.1) is 0 Å². The third-order valence-electron chi connectivity index (χ3n) is 1.99. The van der Waals surface area contributed by atoms with Gasteiger partial charge in [-0.05, 0) is 35.7 Å². The van der Waals surface area contributed by atoms with Crippen molar-refractivity contribution in [2.75, 3.05) is 0 Å². The molecule has 1 aromatic heterocycles. The van der Waals surface area contributed by atoms with E-state index in [0.717, 1.165) is 23.6 Å². The van der Waals surface area contributed by atoms with Crippen LogP contribution in [0.1, 0.15) is 12.5 Å². The van der Waals surface area contributed by atoms with Crippen LogP contribution in [0.4, 0.5) is 10.8 Å². The molecule has 1 heterocycles. The topological polar surface area (TPSA) is 50.5 Å². The molecule has 4 nitrogen and oxygen atoms in total. The van der Waals surface area contributed by atoms with Crippen molar-refractivity contribution in [2.45, 2.75) is 13.3 Å². The summed E-state index contributed by atoms with van der Waals surface area (Å²) in [5.74, 6) is 0. The Balaban J connectivity index is 2.11. The Labute approximate surface area is 102 Å². The van der Waals surface area contributed by atoms with Gasteiger partial charge in [-0.1, -0.05) is 19.1 Å². The summed E-state index contributed by atoms with van der Waals surface area (Å²) < 4.78 is 3.80. The maximum absolute atomic E-state index is 5.57. The van der Waals surface area contributed by atoms with Gasteiger partial charge in [0.2, 0.25) is 10.4 Å². The fourth-order valence-corrected chi connectivity index (χ4v) is 1.77. The largest absolute Gasteiger partial charge is 0.250 e. The highest BCUT2D eigenvalue weighted by atomic mass is 35.5. The van der Waals surface area contributed by atoms with Crippen LogP contribution in [-0.4, -0.2) is 9.36 Å². The number of rotatable bonds is 3. The van der Waals surface area contributed by atoms with E-state index >= 15 is 0 Å². The number of hydrogen-bond donors (Lipinski definition) is 0. The zero-order valence-corrected chi connectivity index (χ0v) is 10.2. The highest BCUT2D eigenvalue weighted by Crippen LogP contribution is 2.21. The number of benzene rings is 1. The lowest BCUT2D eigenvalue weighted by Crippen LogP contribution is -1.75. The normalized spacial score (nSPS) is 11.1. The standard InChI is InChI=1S/C10H9ClN4S/c1-2-7-3-5-8(6-4-7)13-14-10-12-9(11)15-16-10/h3-6H,2H2,1H3. The average Bonchev–Trinajstić information content (AvgIpc) is 2.73. The third kappa shape index (κ3) is 2.84. The van der Waals surface area contributed by atoms with E-state index in [1.165, 1.54) is 5.56 Å². The predicted octanol–water partition coefficient (Wildman–Crippen LogP) is 4.17. The number of hydrogen-bond acceptors (Lipinski definition) is 5. The van der Waals surface area contributed by atoms with Crippen molar-refractivity contribution in [1.82, 2.24) is 9.36 Å². The van der Waals surface area contributed by atoms with E-state index < -0.39 is 0 Å². The maximum Gasteiger partial charge on any atom is 0.250 e. The van der Waals surface area contributed by atoms with Crippen molar-refractivity contribution in [2.24, 2.45) is 10.2 Å². The molecule has 82 valence electrons. The zero-order chi connectivity index (χ0) is 11.4. The van der Waals surface area contributed by atoms with Gasteiger partial charge in [0.25, 0.3) is 0 Å². The van der Waals surface area contributed by atoms with Crippen LogP contribution in [0.5, 0.6) is 0 Å². The van der Waals surface area contributed by atoms with Crippen molar-refractivity contribution in [1.29, 1.82) is 0 Å². The first-order valence-electron chi connectivity index (χ1n) is 4.78. The third-order valence-corrected chi connectivity index (χ3v) is 2.86. The molecular weight excluding hydrogens is 244 g/mol. The molecule has 0 saturated heterocycles. The van der Waals surface area contributed by atoms with Gasteiger partial charge < -0.3 is 0 Å². The van der Waals surface area contributed by atoms with E-state index in [-0.39, 0.29) is 5.28 Å². The van der Waals surface area contributed by atoms with Crippen LogP contribution < -0.4 is 0 Å². The molecule has 1 aromatic carbocycles. The summed E-state index contributed by atoms with van der Waals surface area (Å²) in [5.41, 5.74) is 2.07. The second kappa shape index (κ2) is 5.14. The van der Waals surface area contributed by atoms with E-state index in [1.807, 2.05) is 24.3 Å². The molecule has 2 rings (SSSR count). The molecule has 0 aliphatic rings. The molecule has 0 saturated carbocycles. The van der Waals surface area contributed by atoms with Crippen LogP contribution in [0.2, 0.25) is 5.28 Å². The molecule has 0 atom stereocenters. The van der Waals surface area contributed by atoms with Crippen LogP contribution in [0.3, 0.4) is 0 Å². The lowest BCUT2D eigenvalue weighted by atomic mass is 10.2. The van der Waals surface area contributed by atoms with Gasteiger partial charge in [-0.15, -0.1) is 10.2 Å². The predicted molar refractivity (Wildman–Crippen MR) is 64.9 cm³/mol. The Kier molecular flexibility index (Phi) is 3.58. The Morgan fingerprint density at radius 2 is 2.00 bits per heavy atom. The first kappa shape index (κ1) is 11.2. The van der Waals surface area contributed by atoms with Gasteiger partial charge in [0, 0.05) is 11.5 Å². The summed E-state index contributed by atoms with van der Waals surface area (Å²) in [5, 5.41) is 8.65. The number of aryl methyl sites for hydroxylation is 1. The molecule has 6 heteroatoms. The SMILES string of the molecule is CCc1ccc(N=Nc2nc(Cl)ns2)cc1. The van der Waals surface area contributed by atoms with Crippen molar-refractivity contribution in [3.8, 4) is 0 Å². The van der Waals surface area contributed by atoms with Crippen molar-refractivity contribution >= 4 is 34.0 Å². The minimum absolute atomic E-state index is 0.209. The fraction of sp³-hybridized carbons (Fsp3) is 0.200. The highest BCUT2D eigenvalue weighted by Gasteiger charge is 1.98. The number of aromatic nitrogens is 2. The van der Waals surface area contributed by atoms with Gasteiger partial charge in [-0.2, -0.15) is 9.36 Å². The van der Waals surface area contributed by atoms with Crippen LogP contribution >= 0.6 is 23.1 Å². The molecule has 0 N–H and O–H groups in total. The Hall–Kier alpha value is -1.33. The lowest BCUT2D eigenvalue weighted by Gasteiger charge is -1.95. The molecule has 0 aliphatic heterocycles. The summed E-state index contributed by atoms with van der Waals surface area (Å²) >= 11 is 6.69. The summed E-state index contributed by atoms with van der Waals surface area (Å²) in [6.45, 7) is 2.11. The van der Waals surface area contributed by atoms with Crippen molar-refractivity contribution < 1.29 is 0 Å². The molecule has 0 bridgehead atoms. The van der Waals surface area contributed by atoms with Gasteiger partial charge >= 0.3 is 0 Å². The second-order valence-corrected chi connectivity index (χ2v) is 4.13. The number of halogens is 1. The maximum atomic E-state index is 5.57. The molecule has 0 aliphatic carbocycles. The second-order valence-electron chi connectivity index (χ2n) is 3.07. The molecule has 0 unspecified atom stereocenters. The van der Waals surface area contributed by atoms with Crippen molar-refractivity contribution in [3.63, 3.8) is 0 Å². The van der Waals surface area contributed by atoms with E-state index in [9.17, 15) is 0 Å². The van der Waals surface area contributed by atoms with Gasteiger partial charge in [0.05, 0.1) is 5.69 Å². The average molecular weight is 253 g/mol. The summed E-state index contributed by atoms with van der Waals surface area (Å²) in [7, 11) is 0. The van der Waals surface area contributed by atoms with Gasteiger partial charge in [0.15, 0.2) is 0 Å². The van der Waals surface area contributed by atoms with Crippen molar-refractivity contribution in [3.05, 3.63) is 35.1 Å². The minimum atomic E-state index is 0.209. The van der Waals surface area contributed by atoms with Gasteiger partial charge in [-0.25, -0.2) is 0 Å². The van der Waals surface area contributed by atoms with Crippen LogP contribution in [0.25, 0.3) is 0 Å². The molecule has 0 fully saturated rings. The van der Waals surface area contributed by atoms with E-state index in [2.05, 4.69) is 26.5 Å². The summed E-state index contributed by atoms with van der Waals surface area (Å²) in [6, 6.07) is 7.90. The Morgan fingerprint density at radius 3 is 2.56 bits per heavy atom. The van der Waals surface area contributed by atoms with E-state index in [4.69, 9.17) is 11.6 Å². The van der Waals surface area contributed by atoms with Crippen LogP contribution in [0.15, 0.2) is 34.5 Å². The molecular formula is C10H9ClN4S. The zero-order valence-electron chi connectivity index (χ0n) is 8.59. The molecule has 0 amide bonds. The number of azo groups is 1. The van der Waals surface area contributed by atoms with E-state index in [0.29, 0.717) is 5.13 Å². The Morgan fingerprint density at radius 1 is 1.25 bits per heavy atom. The first-order valence-corrected chi connectivity index (χ1v) is 5.93. The molecule has 0 spiro atoms. The monoisotopic (exact) mass is 252 g/mol.